The molecular weight excluding hydrogens is 378 g/mol. The Morgan fingerprint density at radius 1 is 1.04 bits per heavy atom. The van der Waals surface area contributed by atoms with Crippen LogP contribution in [0.2, 0.25) is 0 Å². The van der Waals surface area contributed by atoms with Crippen molar-refractivity contribution in [2.24, 2.45) is 0 Å². The summed E-state index contributed by atoms with van der Waals surface area (Å²) >= 11 is 0. The molecule has 1 heterocycles. The molecule has 1 aliphatic carbocycles. The smallest absolute Gasteiger partial charge is 0.240 e. The van der Waals surface area contributed by atoms with Gasteiger partial charge in [0.2, 0.25) is 26.0 Å². The van der Waals surface area contributed by atoms with E-state index < -0.39 is 20.0 Å². The maximum absolute atomic E-state index is 12.7. The first-order chi connectivity index (χ1) is 12.1. The van der Waals surface area contributed by atoms with E-state index in [0.717, 1.165) is 18.2 Å². The Morgan fingerprint density at radius 3 is 2.42 bits per heavy atom. The first kappa shape index (κ1) is 19.3. The number of hydrogen-bond acceptors (Lipinski definition) is 5. The summed E-state index contributed by atoms with van der Waals surface area (Å²) in [6, 6.07) is 4.10. The highest BCUT2D eigenvalue weighted by Crippen LogP contribution is 2.26. The molecule has 8 nitrogen and oxygen atoms in total. The maximum Gasteiger partial charge on any atom is 0.240 e. The van der Waals surface area contributed by atoms with Crippen LogP contribution < -0.4 is 14.8 Å². The van der Waals surface area contributed by atoms with Gasteiger partial charge in [-0.2, -0.15) is 0 Å². The molecule has 1 fully saturated rings. The number of amides is 1. The predicted octanol–water partition coefficient (Wildman–Crippen LogP) is 0.710. The SMILES string of the molecule is CS(=O)(=O)N[C@@H]1CCC[C@H](NS(=O)(=O)c2ccc3c(c2)CCC(=O)N3)C1. The van der Waals surface area contributed by atoms with Crippen molar-refractivity contribution in [1.29, 1.82) is 0 Å². The number of benzene rings is 1. The Labute approximate surface area is 153 Å². The van der Waals surface area contributed by atoms with Gasteiger partial charge in [0.25, 0.3) is 0 Å². The molecule has 2 aliphatic rings. The lowest BCUT2D eigenvalue weighted by Gasteiger charge is -2.29. The third kappa shape index (κ3) is 4.81. The number of sulfonamides is 2. The summed E-state index contributed by atoms with van der Waals surface area (Å²) in [5.41, 5.74) is 1.45. The van der Waals surface area contributed by atoms with E-state index in [-0.39, 0.29) is 22.9 Å². The first-order valence-electron chi connectivity index (χ1n) is 8.55. The van der Waals surface area contributed by atoms with Crippen molar-refractivity contribution < 1.29 is 21.6 Å². The fourth-order valence-electron chi connectivity index (χ4n) is 3.52. The molecule has 0 aromatic heterocycles. The van der Waals surface area contributed by atoms with Crippen molar-refractivity contribution in [3.8, 4) is 0 Å². The van der Waals surface area contributed by atoms with E-state index >= 15 is 0 Å². The van der Waals surface area contributed by atoms with Crippen LogP contribution in [-0.2, 0) is 31.3 Å². The number of nitrogens with one attached hydrogen (secondary N) is 3. The van der Waals surface area contributed by atoms with Gasteiger partial charge in [-0.05, 0) is 49.4 Å². The highest BCUT2D eigenvalue weighted by Gasteiger charge is 2.28. The summed E-state index contributed by atoms with van der Waals surface area (Å²) in [6.07, 6.45) is 4.49. The second-order valence-corrected chi connectivity index (χ2v) is 10.4. The summed E-state index contributed by atoms with van der Waals surface area (Å²) in [5, 5.41) is 2.73. The van der Waals surface area contributed by atoms with Gasteiger partial charge in [0.15, 0.2) is 0 Å². The number of fused-ring (bicyclic) bond motifs is 1. The lowest BCUT2D eigenvalue weighted by Crippen LogP contribution is -2.45. The molecule has 1 aromatic rings. The van der Waals surface area contributed by atoms with Gasteiger partial charge in [-0.25, -0.2) is 26.3 Å². The zero-order chi connectivity index (χ0) is 18.9. The second kappa shape index (κ2) is 7.26. The average Bonchev–Trinajstić information content (AvgIpc) is 2.52. The highest BCUT2D eigenvalue weighted by molar-refractivity contribution is 7.89. The molecular formula is C16H23N3O5S2. The molecule has 1 amide bonds. The van der Waals surface area contributed by atoms with Crippen LogP contribution in [-0.4, -0.2) is 41.1 Å². The van der Waals surface area contributed by atoms with E-state index in [2.05, 4.69) is 14.8 Å². The number of anilines is 1. The van der Waals surface area contributed by atoms with Crippen LogP contribution in [0.3, 0.4) is 0 Å². The van der Waals surface area contributed by atoms with Gasteiger partial charge in [-0.1, -0.05) is 6.42 Å². The molecule has 0 spiro atoms. The number of carbonyl (C=O) groups is 1. The second-order valence-electron chi connectivity index (χ2n) is 6.94. The van der Waals surface area contributed by atoms with Gasteiger partial charge in [0.1, 0.15) is 0 Å². The molecule has 3 N–H and O–H groups in total. The van der Waals surface area contributed by atoms with Crippen LogP contribution in [0.5, 0.6) is 0 Å². The van der Waals surface area contributed by atoms with E-state index in [0.29, 0.717) is 37.8 Å². The number of rotatable bonds is 5. The monoisotopic (exact) mass is 401 g/mol. The summed E-state index contributed by atoms with van der Waals surface area (Å²) in [4.78, 5) is 11.6. The minimum absolute atomic E-state index is 0.0714. The average molecular weight is 402 g/mol. The van der Waals surface area contributed by atoms with E-state index in [1.54, 1.807) is 12.1 Å². The van der Waals surface area contributed by atoms with Crippen LogP contribution in [0.15, 0.2) is 23.1 Å². The van der Waals surface area contributed by atoms with Crippen molar-refractivity contribution in [3.05, 3.63) is 23.8 Å². The molecule has 0 bridgehead atoms. The van der Waals surface area contributed by atoms with Crippen molar-refractivity contribution >= 4 is 31.6 Å². The summed E-state index contributed by atoms with van der Waals surface area (Å²) in [5.74, 6) is -0.0714. The molecule has 1 saturated carbocycles. The Kier molecular flexibility index (Phi) is 5.38. The molecule has 0 radical (unpaired) electrons. The van der Waals surface area contributed by atoms with Crippen LogP contribution >= 0.6 is 0 Å². The topological polar surface area (TPSA) is 121 Å². The van der Waals surface area contributed by atoms with Gasteiger partial charge < -0.3 is 5.32 Å². The van der Waals surface area contributed by atoms with Gasteiger partial charge in [0, 0.05) is 24.2 Å². The van der Waals surface area contributed by atoms with Gasteiger partial charge in [-0.3, -0.25) is 4.79 Å². The highest BCUT2D eigenvalue weighted by atomic mass is 32.2. The van der Waals surface area contributed by atoms with E-state index in [1.165, 1.54) is 6.07 Å². The molecule has 144 valence electrons. The lowest BCUT2D eigenvalue weighted by molar-refractivity contribution is -0.116. The Morgan fingerprint density at radius 2 is 1.73 bits per heavy atom. The van der Waals surface area contributed by atoms with Gasteiger partial charge in [-0.15, -0.1) is 0 Å². The fourth-order valence-corrected chi connectivity index (χ4v) is 5.67. The maximum atomic E-state index is 12.7. The molecule has 26 heavy (non-hydrogen) atoms. The molecule has 1 aliphatic heterocycles. The van der Waals surface area contributed by atoms with E-state index in [9.17, 15) is 21.6 Å². The van der Waals surface area contributed by atoms with Crippen LogP contribution in [0, 0.1) is 0 Å². The number of hydrogen-bond donors (Lipinski definition) is 3. The zero-order valence-electron chi connectivity index (χ0n) is 14.5. The summed E-state index contributed by atoms with van der Waals surface area (Å²) < 4.78 is 53.4. The van der Waals surface area contributed by atoms with E-state index in [1.807, 2.05) is 0 Å². The van der Waals surface area contributed by atoms with Gasteiger partial charge >= 0.3 is 0 Å². The van der Waals surface area contributed by atoms with E-state index in [4.69, 9.17) is 0 Å². The Bertz CT molecular complexity index is 912. The largest absolute Gasteiger partial charge is 0.326 e. The summed E-state index contributed by atoms with van der Waals surface area (Å²) in [6.45, 7) is 0. The fraction of sp³-hybridized carbons (Fsp3) is 0.562. The third-order valence-corrected chi connectivity index (χ3v) is 6.94. The lowest BCUT2D eigenvalue weighted by atomic mass is 9.92. The zero-order valence-corrected chi connectivity index (χ0v) is 16.1. The van der Waals surface area contributed by atoms with Crippen molar-refractivity contribution in [3.63, 3.8) is 0 Å². The predicted molar refractivity (Wildman–Crippen MR) is 97.7 cm³/mol. The van der Waals surface area contributed by atoms with Crippen LogP contribution in [0.4, 0.5) is 5.69 Å². The molecule has 2 atom stereocenters. The van der Waals surface area contributed by atoms with Gasteiger partial charge in [0.05, 0.1) is 11.2 Å². The molecule has 0 saturated heterocycles. The van der Waals surface area contributed by atoms with Crippen molar-refractivity contribution in [1.82, 2.24) is 9.44 Å². The number of carbonyl (C=O) groups excluding carboxylic acids is 1. The molecule has 0 unspecified atom stereocenters. The standard InChI is InChI=1S/C16H23N3O5S2/c1-25(21,22)18-12-3-2-4-13(10-12)19-26(23,24)14-6-7-15-11(9-14)5-8-16(20)17-15/h6-7,9,12-13,18-19H,2-5,8,10H2,1H3,(H,17,20)/t12-,13+/m1/s1. The quantitative estimate of drug-likeness (QED) is 0.671. The summed E-state index contributed by atoms with van der Waals surface area (Å²) in [7, 11) is -7.03. The minimum atomic E-state index is -3.71. The van der Waals surface area contributed by atoms with Crippen LogP contribution in [0.1, 0.15) is 37.7 Å². The third-order valence-electron chi connectivity index (χ3n) is 4.66. The molecule has 3 rings (SSSR count). The normalized spacial score (nSPS) is 24.0. The minimum Gasteiger partial charge on any atom is -0.326 e. The molecule has 10 heteroatoms. The first-order valence-corrected chi connectivity index (χ1v) is 11.9. The Balaban J connectivity index is 1.71. The van der Waals surface area contributed by atoms with Crippen molar-refractivity contribution in [2.45, 2.75) is 55.5 Å². The van der Waals surface area contributed by atoms with Crippen molar-refractivity contribution in [2.75, 3.05) is 11.6 Å². The Hall–Kier alpha value is -1.49. The number of aryl methyl sites for hydroxylation is 1. The molecule has 1 aromatic carbocycles. The van der Waals surface area contributed by atoms with Crippen LogP contribution in [0.25, 0.3) is 0 Å².